The number of nitro benzene ring substituents is 1. The number of rotatable bonds is 5. The van der Waals surface area contributed by atoms with Crippen LogP contribution in [0, 0.1) is 15.9 Å². The summed E-state index contributed by atoms with van der Waals surface area (Å²) in [5, 5.41) is 10.8. The quantitative estimate of drug-likeness (QED) is 0.511. The number of nitro groups is 1. The van der Waals surface area contributed by atoms with Gasteiger partial charge in [-0.15, -0.1) is 0 Å². The second-order valence-corrected chi connectivity index (χ2v) is 4.46. The zero-order valence-corrected chi connectivity index (χ0v) is 11.7. The summed E-state index contributed by atoms with van der Waals surface area (Å²) < 4.78 is 13.9. The highest BCUT2D eigenvalue weighted by Gasteiger charge is 2.28. The third-order valence-corrected chi connectivity index (χ3v) is 3.31. The van der Waals surface area contributed by atoms with Gasteiger partial charge in [-0.1, -0.05) is 6.92 Å². The molecule has 1 atom stereocenters. The molecule has 6 nitrogen and oxygen atoms in total. The van der Waals surface area contributed by atoms with Gasteiger partial charge in [-0.3, -0.25) is 14.9 Å². The van der Waals surface area contributed by atoms with Crippen LogP contribution in [-0.4, -0.2) is 28.3 Å². The summed E-state index contributed by atoms with van der Waals surface area (Å²) >= 11 is 0. The standard InChI is InChI=1S/C13H18FN3O3/c1-4-8(3)16(5-2)13(18)11-9(14)6-7-10(12(11)15)17(19)20/h6-8H,4-5,15H2,1-3H3. The Morgan fingerprint density at radius 1 is 1.50 bits per heavy atom. The Morgan fingerprint density at radius 2 is 2.10 bits per heavy atom. The summed E-state index contributed by atoms with van der Waals surface area (Å²) in [6.45, 7) is 5.85. The zero-order chi connectivity index (χ0) is 15.4. The maximum Gasteiger partial charge on any atom is 0.293 e. The molecule has 0 heterocycles. The van der Waals surface area contributed by atoms with Crippen LogP contribution in [0.15, 0.2) is 12.1 Å². The molecule has 0 saturated heterocycles. The molecule has 0 aliphatic heterocycles. The van der Waals surface area contributed by atoms with Gasteiger partial charge in [-0.2, -0.15) is 0 Å². The first-order valence-corrected chi connectivity index (χ1v) is 6.38. The minimum absolute atomic E-state index is 0.106. The van der Waals surface area contributed by atoms with Crippen molar-refractivity contribution < 1.29 is 14.1 Å². The van der Waals surface area contributed by atoms with E-state index in [0.29, 0.717) is 13.0 Å². The van der Waals surface area contributed by atoms with Crippen LogP contribution in [0.5, 0.6) is 0 Å². The van der Waals surface area contributed by atoms with Crippen molar-refractivity contribution in [1.82, 2.24) is 4.90 Å². The van der Waals surface area contributed by atoms with Crippen molar-refractivity contribution in [2.75, 3.05) is 12.3 Å². The minimum Gasteiger partial charge on any atom is -0.392 e. The van der Waals surface area contributed by atoms with E-state index in [0.717, 1.165) is 12.1 Å². The molecule has 1 amide bonds. The third kappa shape index (κ3) is 2.87. The number of benzene rings is 1. The Bertz CT molecular complexity index is 534. The van der Waals surface area contributed by atoms with Gasteiger partial charge >= 0.3 is 0 Å². The molecule has 0 aliphatic rings. The van der Waals surface area contributed by atoms with Crippen molar-refractivity contribution >= 4 is 17.3 Å². The Morgan fingerprint density at radius 3 is 2.55 bits per heavy atom. The largest absolute Gasteiger partial charge is 0.392 e. The van der Waals surface area contributed by atoms with Gasteiger partial charge in [0.25, 0.3) is 11.6 Å². The summed E-state index contributed by atoms with van der Waals surface area (Å²) in [6, 6.07) is 1.75. The molecule has 20 heavy (non-hydrogen) atoms. The fraction of sp³-hybridized carbons (Fsp3) is 0.462. The molecule has 1 rings (SSSR count). The normalized spacial score (nSPS) is 12.0. The van der Waals surface area contributed by atoms with Crippen molar-refractivity contribution in [3.8, 4) is 0 Å². The van der Waals surface area contributed by atoms with Gasteiger partial charge in [0.1, 0.15) is 17.1 Å². The molecule has 0 fully saturated rings. The van der Waals surface area contributed by atoms with E-state index in [1.807, 2.05) is 13.8 Å². The molecule has 1 aromatic rings. The number of amides is 1. The third-order valence-electron chi connectivity index (χ3n) is 3.31. The molecular formula is C13H18FN3O3. The first kappa shape index (κ1) is 15.9. The van der Waals surface area contributed by atoms with Gasteiger partial charge in [0.15, 0.2) is 0 Å². The summed E-state index contributed by atoms with van der Waals surface area (Å²) in [4.78, 5) is 23.9. The van der Waals surface area contributed by atoms with Crippen molar-refractivity contribution in [3.63, 3.8) is 0 Å². The van der Waals surface area contributed by atoms with Crippen molar-refractivity contribution in [1.29, 1.82) is 0 Å². The smallest absolute Gasteiger partial charge is 0.293 e. The number of nitrogen functional groups attached to an aromatic ring is 1. The van der Waals surface area contributed by atoms with E-state index in [4.69, 9.17) is 5.73 Å². The Hall–Kier alpha value is -2.18. The highest BCUT2D eigenvalue weighted by molar-refractivity contribution is 6.01. The van der Waals surface area contributed by atoms with Crippen LogP contribution in [0.3, 0.4) is 0 Å². The van der Waals surface area contributed by atoms with Crippen LogP contribution in [0.1, 0.15) is 37.6 Å². The molecule has 2 N–H and O–H groups in total. The van der Waals surface area contributed by atoms with Crippen molar-refractivity contribution in [2.45, 2.75) is 33.2 Å². The summed E-state index contributed by atoms with van der Waals surface area (Å²) in [5.41, 5.74) is 4.27. The first-order valence-electron chi connectivity index (χ1n) is 6.38. The van der Waals surface area contributed by atoms with Gasteiger partial charge in [0.05, 0.1) is 4.92 Å². The molecule has 0 aromatic heterocycles. The lowest BCUT2D eigenvalue weighted by atomic mass is 10.1. The molecule has 0 saturated carbocycles. The van der Waals surface area contributed by atoms with Gasteiger partial charge in [0.2, 0.25) is 0 Å². The zero-order valence-electron chi connectivity index (χ0n) is 11.7. The second-order valence-electron chi connectivity index (χ2n) is 4.46. The molecule has 0 bridgehead atoms. The maximum atomic E-state index is 13.9. The molecule has 110 valence electrons. The number of anilines is 1. The van der Waals surface area contributed by atoms with E-state index in [-0.39, 0.29) is 6.04 Å². The number of hydrogen-bond acceptors (Lipinski definition) is 4. The average Bonchev–Trinajstić information content (AvgIpc) is 2.38. The number of nitrogens with two attached hydrogens (primary N) is 1. The number of hydrogen-bond donors (Lipinski definition) is 1. The van der Waals surface area contributed by atoms with E-state index in [1.165, 1.54) is 4.90 Å². The van der Waals surface area contributed by atoms with Crippen molar-refractivity contribution in [2.24, 2.45) is 0 Å². The Balaban J connectivity index is 3.34. The predicted molar refractivity (Wildman–Crippen MR) is 73.9 cm³/mol. The van der Waals surface area contributed by atoms with E-state index in [1.54, 1.807) is 6.92 Å². The van der Waals surface area contributed by atoms with Gasteiger partial charge in [-0.05, 0) is 26.3 Å². The molecule has 1 aromatic carbocycles. The van der Waals surface area contributed by atoms with E-state index in [9.17, 15) is 19.3 Å². The molecule has 1 unspecified atom stereocenters. The number of halogens is 1. The summed E-state index contributed by atoms with van der Waals surface area (Å²) in [6.07, 6.45) is 0.691. The van der Waals surface area contributed by atoms with Crippen LogP contribution < -0.4 is 5.73 Å². The van der Waals surface area contributed by atoms with Crippen LogP contribution >= 0.6 is 0 Å². The van der Waals surface area contributed by atoms with Gasteiger partial charge in [-0.25, -0.2) is 4.39 Å². The molecule has 0 spiro atoms. The monoisotopic (exact) mass is 283 g/mol. The van der Waals surface area contributed by atoms with Crippen LogP contribution in [-0.2, 0) is 0 Å². The van der Waals surface area contributed by atoms with Crippen LogP contribution in [0.2, 0.25) is 0 Å². The van der Waals surface area contributed by atoms with E-state index < -0.39 is 33.6 Å². The second kappa shape index (κ2) is 6.31. The molecular weight excluding hydrogens is 265 g/mol. The maximum absolute atomic E-state index is 13.9. The first-order chi connectivity index (χ1) is 9.34. The molecule has 0 aliphatic carbocycles. The Labute approximate surface area is 116 Å². The lowest BCUT2D eigenvalue weighted by Gasteiger charge is -2.27. The number of nitrogens with zero attached hydrogens (tertiary/aromatic N) is 2. The predicted octanol–water partition coefficient (Wildman–Crippen LogP) is 2.58. The fourth-order valence-electron chi connectivity index (χ4n) is 1.98. The topological polar surface area (TPSA) is 89.5 Å². The van der Waals surface area contributed by atoms with Gasteiger partial charge < -0.3 is 10.6 Å². The lowest BCUT2D eigenvalue weighted by Crippen LogP contribution is -2.39. The number of carbonyl (C=O) groups is 1. The fourth-order valence-corrected chi connectivity index (χ4v) is 1.98. The minimum atomic E-state index is -0.847. The van der Waals surface area contributed by atoms with E-state index >= 15 is 0 Å². The van der Waals surface area contributed by atoms with E-state index in [2.05, 4.69) is 0 Å². The number of carbonyl (C=O) groups excluding carboxylic acids is 1. The van der Waals surface area contributed by atoms with Crippen LogP contribution in [0.25, 0.3) is 0 Å². The van der Waals surface area contributed by atoms with Crippen LogP contribution in [0.4, 0.5) is 15.8 Å². The highest BCUT2D eigenvalue weighted by atomic mass is 19.1. The Kier molecular flexibility index (Phi) is 5.01. The summed E-state index contributed by atoms with van der Waals surface area (Å²) in [7, 11) is 0. The molecule has 7 heteroatoms. The summed E-state index contributed by atoms with van der Waals surface area (Å²) in [5.74, 6) is -1.47. The molecule has 0 radical (unpaired) electrons. The average molecular weight is 283 g/mol. The van der Waals surface area contributed by atoms with Crippen molar-refractivity contribution in [3.05, 3.63) is 33.6 Å². The lowest BCUT2D eigenvalue weighted by molar-refractivity contribution is -0.384. The highest BCUT2D eigenvalue weighted by Crippen LogP contribution is 2.29. The van der Waals surface area contributed by atoms with Gasteiger partial charge in [0, 0.05) is 18.7 Å². The SMILES string of the molecule is CCC(C)N(CC)C(=O)c1c(F)ccc([N+](=O)[O-])c1N.